The van der Waals surface area contributed by atoms with Crippen molar-refractivity contribution >= 4 is 0 Å². The van der Waals surface area contributed by atoms with Gasteiger partial charge in [-0.25, -0.2) is 0 Å². The first-order valence-electron chi connectivity index (χ1n) is 8.08. The summed E-state index contributed by atoms with van der Waals surface area (Å²) in [6.45, 7) is 8.72. The first kappa shape index (κ1) is 12.9. The monoisotopic (exact) mass is 251 g/mol. The maximum Gasteiger partial charge on any atom is 0.0115 e. The van der Waals surface area contributed by atoms with Crippen LogP contribution in [0, 0.1) is 0 Å². The predicted molar refractivity (Wildman–Crippen MR) is 75.9 cm³/mol. The summed E-state index contributed by atoms with van der Waals surface area (Å²) < 4.78 is 0. The second-order valence-corrected chi connectivity index (χ2v) is 6.40. The van der Waals surface area contributed by atoms with Crippen molar-refractivity contribution in [2.24, 2.45) is 0 Å². The van der Waals surface area contributed by atoms with E-state index in [9.17, 15) is 0 Å². The minimum Gasteiger partial charge on any atom is -0.314 e. The molecule has 3 aliphatic heterocycles. The minimum absolute atomic E-state index is 0.801. The molecule has 0 aromatic heterocycles. The van der Waals surface area contributed by atoms with Crippen LogP contribution >= 0.6 is 0 Å². The SMILES string of the molecule is CCNC1CC2CCC(C1)N2CCN1CCCC1. The first-order chi connectivity index (χ1) is 8.86. The van der Waals surface area contributed by atoms with Crippen molar-refractivity contribution in [1.29, 1.82) is 0 Å². The molecule has 0 aliphatic carbocycles. The molecule has 0 radical (unpaired) electrons. The third kappa shape index (κ3) is 2.73. The molecule has 2 bridgehead atoms. The topological polar surface area (TPSA) is 18.5 Å². The lowest BCUT2D eigenvalue weighted by molar-refractivity contribution is 0.105. The summed E-state index contributed by atoms with van der Waals surface area (Å²) in [5, 5.41) is 3.67. The molecule has 0 spiro atoms. The van der Waals surface area contributed by atoms with Gasteiger partial charge in [0.25, 0.3) is 0 Å². The van der Waals surface area contributed by atoms with E-state index < -0.39 is 0 Å². The maximum absolute atomic E-state index is 3.67. The van der Waals surface area contributed by atoms with E-state index in [-0.39, 0.29) is 0 Å². The highest BCUT2D eigenvalue weighted by Gasteiger charge is 2.40. The van der Waals surface area contributed by atoms with Crippen molar-refractivity contribution in [3.63, 3.8) is 0 Å². The Morgan fingerprint density at radius 3 is 2.28 bits per heavy atom. The van der Waals surface area contributed by atoms with Crippen LogP contribution in [0.4, 0.5) is 0 Å². The number of piperidine rings is 1. The van der Waals surface area contributed by atoms with Gasteiger partial charge >= 0.3 is 0 Å². The molecule has 2 unspecified atom stereocenters. The van der Waals surface area contributed by atoms with Crippen LogP contribution in [0.1, 0.15) is 45.4 Å². The van der Waals surface area contributed by atoms with Gasteiger partial charge in [-0.2, -0.15) is 0 Å². The third-order valence-corrected chi connectivity index (χ3v) is 5.25. The van der Waals surface area contributed by atoms with E-state index in [2.05, 4.69) is 22.0 Å². The highest BCUT2D eigenvalue weighted by Crippen LogP contribution is 2.35. The summed E-state index contributed by atoms with van der Waals surface area (Å²) in [5.41, 5.74) is 0. The summed E-state index contributed by atoms with van der Waals surface area (Å²) in [6, 6.07) is 2.57. The highest BCUT2D eigenvalue weighted by atomic mass is 15.3. The Kier molecular flexibility index (Phi) is 4.22. The van der Waals surface area contributed by atoms with Gasteiger partial charge in [0.2, 0.25) is 0 Å². The molecule has 3 nitrogen and oxygen atoms in total. The summed E-state index contributed by atoms with van der Waals surface area (Å²) >= 11 is 0. The van der Waals surface area contributed by atoms with E-state index in [0.29, 0.717) is 0 Å². The molecule has 0 aromatic rings. The van der Waals surface area contributed by atoms with Crippen molar-refractivity contribution in [3.8, 4) is 0 Å². The molecule has 2 atom stereocenters. The quantitative estimate of drug-likeness (QED) is 0.802. The Morgan fingerprint density at radius 2 is 1.67 bits per heavy atom. The van der Waals surface area contributed by atoms with Crippen LogP contribution in [0.2, 0.25) is 0 Å². The van der Waals surface area contributed by atoms with E-state index in [1.165, 1.54) is 64.7 Å². The Hall–Kier alpha value is -0.120. The standard InChI is InChI=1S/C15H29N3/c1-2-16-13-11-14-5-6-15(12-13)18(14)10-9-17-7-3-4-8-17/h13-16H,2-12H2,1H3. The molecule has 1 N–H and O–H groups in total. The molecule has 3 rings (SSSR count). The van der Waals surface area contributed by atoms with Gasteiger partial charge in [-0.1, -0.05) is 6.92 Å². The van der Waals surface area contributed by atoms with Gasteiger partial charge < -0.3 is 10.2 Å². The van der Waals surface area contributed by atoms with Crippen LogP contribution in [-0.2, 0) is 0 Å². The van der Waals surface area contributed by atoms with E-state index in [1.807, 2.05) is 0 Å². The summed E-state index contributed by atoms with van der Waals surface area (Å²) in [7, 11) is 0. The highest BCUT2D eigenvalue weighted by molar-refractivity contribution is 4.97. The van der Waals surface area contributed by atoms with Crippen molar-refractivity contribution in [2.45, 2.75) is 63.6 Å². The van der Waals surface area contributed by atoms with Crippen LogP contribution in [0.5, 0.6) is 0 Å². The lowest BCUT2D eigenvalue weighted by Crippen LogP contribution is -2.50. The van der Waals surface area contributed by atoms with Gasteiger partial charge in [-0.05, 0) is 58.2 Å². The lowest BCUT2D eigenvalue weighted by atomic mass is 9.97. The predicted octanol–water partition coefficient (Wildman–Crippen LogP) is 1.69. The fourth-order valence-electron chi connectivity index (χ4n) is 4.36. The largest absolute Gasteiger partial charge is 0.314 e. The second kappa shape index (κ2) is 5.89. The van der Waals surface area contributed by atoms with Crippen LogP contribution in [-0.4, -0.2) is 60.6 Å². The number of hydrogen-bond donors (Lipinski definition) is 1. The number of hydrogen-bond acceptors (Lipinski definition) is 3. The number of nitrogens with one attached hydrogen (secondary N) is 1. The first-order valence-corrected chi connectivity index (χ1v) is 8.08. The normalized spacial score (nSPS) is 37.5. The molecular weight excluding hydrogens is 222 g/mol. The van der Waals surface area contributed by atoms with Gasteiger partial charge in [0.1, 0.15) is 0 Å². The smallest absolute Gasteiger partial charge is 0.0115 e. The zero-order valence-corrected chi connectivity index (χ0v) is 11.9. The van der Waals surface area contributed by atoms with E-state index in [1.54, 1.807) is 0 Å². The van der Waals surface area contributed by atoms with Crippen LogP contribution in [0.3, 0.4) is 0 Å². The van der Waals surface area contributed by atoms with Crippen molar-refractivity contribution < 1.29 is 0 Å². The molecule has 3 heterocycles. The number of rotatable bonds is 5. The van der Waals surface area contributed by atoms with Gasteiger partial charge in [0.05, 0.1) is 0 Å². The molecule has 18 heavy (non-hydrogen) atoms. The summed E-state index contributed by atoms with van der Waals surface area (Å²) in [6.07, 6.45) is 8.54. The van der Waals surface area contributed by atoms with Crippen LogP contribution in [0.25, 0.3) is 0 Å². The van der Waals surface area contributed by atoms with Gasteiger partial charge in [-0.15, -0.1) is 0 Å². The van der Waals surface area contributed by atoms with Gasteiger partial charge in [-0.3, -0.25) is 4.90 Å². The molecule has 0 amide bonds. The van der Waals surface area contributed by atoms with E-state index in [4.69, 9.17) is 0 Å². The Bertz CT molecular complexity index is 248. The molecule has 0 saturated carbocycles. The Labute approximate surface area is 112 Å². The number of nitrogens with zero attached hydrogens (tertiary/aromatic N) is 2. The van der Waals surface area contributed by atoms with Crippen molar-refractivity contribution in [2.75, 3.05) is 32.7 Å². The third-order valence-electron chi connectivity index (χ3n) is 5.25. The van der Waals surface area contributed by atoms with E-state index >= 15 is 0 Å². The second-order valence-electron chi connectivity index (χ2n) is 6.40. The maximum atomic E-state index is 3.67. The van der Waals surface area contributed by atoms with Gasteiger partial charge in [0.15, 0.2) is 0 Å². The van der Waals surface area contributed by atoms with Crippen molar-refractivity contribution in [1.82, 2.24) is 15.1 Å². The molecular formula is C15H29N3. The van der Waals surface area contributed by atoms with Crippen molar-refractivity contribution in [3.05, 3.63) is 0 Å². The molecule has 3 heteroatoms. The summed E-state index contributed by atoms with van der Waals surface area (Å²) in [4.78, 5) is 5.50. The molecule has 3 fully saturated rings. The zero-order valence-electron chi connectivity index (χ0n) is 11.9. The lowest BCUT2D eigenvalue weighted by Gasteiger charge is -2.40. The molecule has 0 aromatic carbocycles. The molecule has 3 aliphatic rings. The van der Waals surface area contributed by atoms with Crippen LogP contribution < -0.4 is 5.32 Å². The summed E-state index contributed by atoms with van der Waals surface area (Å²) in [5.74, 6) is 0. The Morgan fingerprint density at radius 1 is 1.00 bits per heavy atom. The van der Waals surface area contributed by atoms with Crippen LogP contribution in [0.15, 0.2) is 0 Å². The van der Waals surface area contributed by atoms with Gasteiger partial charge in [0, 0.05) is 31.2 Å². The zero-order chi connectivity index (χ0) is 12.4. The Balaban J connectivity index is 1.48. The average Bonchev–Trinajstić information content (AvgIpc) is 2.94. The molecule has 104 valence electrons. The van der Waals surface area contributed by atoms with E-state index in [0.717, 1.165) is 24.7 Å². The molecule has 3 saturated heterocycles. The fourth-order valence-corrected chi connectivity index (χ4v) is 4.36. The fraction of sp³-hybridized carbons (Fsp3) is 1.00. The minimum atomic E-state index is 0.801. The number of fused-ring (bicyclic) bond motifs is 2. The number of likely N-dealkylation sites (tertiary alicyclic amines) is 1. The average molecular weight is 251 g/mol.